The van der Waals surface area contributed by atoms with Gasteiger partial charge in [0.15, 0.2) is 0 Å². The van der Waals surface area contributed by atoms with Gasteiger partial charge in [0.05, 0.1) is 11.0 Å². The van der Waals surface area contributed by atoms with E-state index in [1.807, 2.05) is 0 Å². The lowest BCUT2D eigenvalue weighted by molar-refractivity contribution is 0.332. The third-order valence-electron chi connectivity index (χ3n) is 14.4. The number of hydrogen-bond acceptors (Lipinski definition) is 1. The summed E-state index contributed by atoms with van der Waals surface area (Å²) in [6, 6.07) is 51.3. The van der Waals surface area contributed by atoms with E-state index in [-0.39, 0.29) is 23.6 Å². The zero-order chi connectivity index (χ0) is 39.8. The highest BCUT2D eigenvalue weighted by molar-refractivity contribution is 6.93. The molecule has 0 amide bonds. The minimum absolute atomic E-state index is 0.0101. The van der Waals surface area contributed by atoms with Crippen LogP contribution >= 0.6 is 0 Å². The van der Waals surface area contributed by atoms with Gasteiger partial charge < -0.3 is 9.38 Å². The van der Waals surface area contributed by atoms with Gasteiger partial charge in [0.2, 0.25) is 0 Å². The summed E-state index contributed by atoms with van der Waals surface area (Å²) in [7, 11) is 0. The average molecular weight is 751 g/mol. The number of nitrogens with zero attached hydrogens (tertiary/aromatic N) is 2. The Hall–Kier alpha value is -5.80. The normalized spacial score (nSPS) is 16.3. The molecule has 2 aliphatic heterocycles. The first-order valence-electron chi connectivity index (χ1n) is 21.3. The maximum absolute atomic E-state index is 2.77. The lowest BCUT2D eigenvalue weighted by Crippen LogP contribution is -2.60. The molecule has 0 radical (unpaired) electrons. The number of anilines is 2. The summed E-state index contributed by atoms with van der Waals surface area (Å²) >= 11 is 0. The fraction of sp³-hybridized carbons (Fsp3) is 0.236. The van der Waals surface area contributed by atoms with E-state index in [0.717, 1.165) is 0 Å². The largest absolute Gasteiger partial charge is 0.376 e. The van der Waals surface area contributed by atoms with Crippen LogP contribution in [0.15, 0.2) is 133 Å². The van der Waals surface area contributed by atoms with Crippen molar-refractivity contribution >= 4 is 51.0 Å². The van der Waals surface area contributed by atoms with Gasteiger partial charge in [-0.05, 0) is 141 Å². The maximum atomic E-state index is 2.77. The molecule has 1 atom stereocenters. The van der Waals surface area contributed by atoms with Crippen molar-refractivity contribution in [1.29, 1.82) is 0 Å². The highest BCUT2D eigenvalue weighted by Gasteiger charge is 2.46. The number of aryl methyl sites for hydroxylation is 3. The van der Waals surface area contributed by atoms with Gasteiger partial charge in [0.1, 0.15) is 0 Å². The van der Waals surface area contributed by atoms with Crippen molar-refractivity contribution in [3.63, 3.8) is 0 Å². The van der Waals surface area contributed by atoms with E-state index in [1.54, 1.807) is 0 Å². The topological polar surface area (TPSA) is 8.17 Å². The van der Waals surface area contributed by atoms with Gasteiger partial charge in [-0.2, -0.15) is 0 Å². The predicted molar refractivity (Wildman–Crippen MR) is 249 cm³/mol. The molecule has 8 aromatic rings. The van der Waals surface area contributed by atoms with E-state index in [4.69, 9.17) is 0 Å². The summed E-state index contributed by atoms with van der Waals surface area (Å²) in [5.41, 5.74) is 24.4. The van der Waals surface area contributed by atoms with Gasteiger partial charge in [0, 0.05) is 39.3 Å². The molecule has 0 N–H and O–H groups in total. The fourth-order valence-corrected chi connectivity index (χ4v) is 11.2. The minimum Gasteiger partial charge on any atom is -0.376 e. The molecule has 3 aliphatic rings. The standard InChI is InChI=1S/C55H51BN2/c1-33-27-44-43-29-34(2)42(39-20-13-12-19-38(39)36(4)37-17-10-9-11-18-37)31-50(43)58(49-32-46-45(30-35(49)3)54(5,6)25-26-55(46,7)8)56-47-23-16-22-41-40-21-14-15-24-48(40)57(53(41)47)51(28-33)52(44)56/h9-24,27-32,36H,25-26H2,1-8H3. The minimum atomic E-state index is -0.0101. The Balaban J connectivity index is 1.25. The van der Waals surface area contributed by atoms with Crippen LogP contribution in [-0.2, 0) is 10.8 Å². The number of hydrogen-bond donors (Lipinski definition) is 0. The summed E-state index contributed by atoms with van der Waals surface area (Å²) in [6.07, 6.45) is 2.38. The summed E-state index contributed by atoms with van der Waals surface area (Å²) < 4.78 is 2.58. The Morgan fingerprint density at radius 3 is 2.03 bits per heavy atom. The second kappa shape index (κ2) is 12.4. The van der Waals surface area contributed by atoms with Crippen LogP contribution in [0.1, 0.15) is 92.3 Å². The van der Waals surface area contributed by atoms with Crippen molar-refractivity contribution < 1.29 is 0 Å². The van der Waals surface area contributed by atoms with E-state index < -0.39 is 0 Å². The molecule has 0 saturated carbocycles. The van der Waals surface area contributed by atoms with Crippen molar-refractivity contribution in [2.75, 3.05) is 4.81 Å². The molecule has 1 aromatic heterocycles. The molecule has 58 heavy (non-hydrogen) atoms. The number of para-hydroxylation sites is 2. The summed E-state index contributed by atoms with van der Waals surface area (Å²) in [5, 5.41) is 2.64. The molecule has 3 heteroatoms. The van der Waals surface area contributed by atoms with E-state index in [0.29, 0.717) is 0 Å². The van der Waals surface area contributed by atoms with Crippen molar-refractivity contribution in [2.24, 2.45) is 0 Å². The van der Waals surface area contributed by atoms with Crippen molar-refractivity contribution in [2.45, 2.75) is 85.0 Å². The smallest absolute Gasteiger partial charge is 0.333 e. The first-order valence-corrected chi connectivity index (χ1v) is 21.3. The van der Waals surface area contributed by atoms with Crippen molar-refractivity contribution in [1.82, 2.24) is 4.57 Å². The Morgan fingerprint density at radius 1 is 0.552 bits per heavy atom. The van der Waals surface area contributed by atoms with Crippen LogP contribution < -0.4 is 15.7 Å². The molecule has 7 aromatic carbocycles. The maximum Gasteiger partial charge on any atom is 0.333 e. The van der Waals surface area contributed by atoms with Crippen LogP contribution in [0.25, 0.3) is 49.7 Å². The van der Waals surface area contributed by atoms with Gasteiger partial charge in [-0.25, -0.2) is 0 Å². The zero-order valence-electron chi connectivity index (χ0n) is 35.2. The Morgan fingerprint density at radius 2 is 1.24 bits per heavy atom. The first kappa shape index (κ1) is 35.4. The number of benzene rings is 7. The molecule has 0 saturated heterocycles. The van der Waals surface area contributed by atoms with Gasteiger partial charge in [-0.1, -0.05) is 138 Å². The lowest BCUT2D eigenvalue weighted by Gasteiger charge is -2.46. The molecule has 1 unspecified atom stereocenters. The van der Waals surface area contributed by atoms with Gasteiger partial charge in [0.25, 0.3) is 0 Å². The third-order valence-corrected chi connectivity index (χ3v) is 14.4. The van der Waals surface area contributed by atoms with Crippen LogP contribution in [0.5, 0.6) is 0 Å². The van der Waals surface area contributed by atoms with E-state index in [2.05, 4.69) is 198 Å². The van der Waals surface area contributed by atoms with Gasteiger partial charge in [-0.3, -0.25) is 0 Å². The molecular formula is C55H51BN2. The molecular weight excluding hydrogens is 699 g/mol. The highest BCUT2D eigenvalue weighted by atomic mass is 15.1. The van der Waals surface area contributed by atoms with Gasteiger partial charge in [-0.15, -0.1) is 0 Å². The predicted octanol–water partition coefficient (Wildman–Crippen LogP) is 13.1. The SMILES string of the molecule is Cc1cc2c3c(c1)-n1c4ccccc4c4cccc(c41)B3N(c1cc3c(cc1C)C(C)(C)CCC3(C)C)c1cc(-c3ccccc3C(C)c3ccccc3)c(C)cc1-2. The van der Waals surface area contributed by atoms with Crippen LogP contribution in [0, 0.1) is 20.8 Å². The average Bonchev–Trinajstić information content (AvgIpc) is 3.56. The molecule has 3 heterocycles. The summed E-state index contributed by atoms with van der Waals surface area (Å²) in [6.45, 7) is 19.1. The molecule has 0 fully saturated rings. The number of aromatic nitrogens is 1. The molecule has 0 bridgehead atoms. The molecule has 284 valence electrons. The highest BCUT2D eigenvalue weighted by Crippen LogP contribution is 2.52. The van der Waals surface area contributed by atoms with E-state index in [9.17, 15) is 0 Å². The Labute approximate surface area is 344 Å². The molecule has 2 nitrogen and oxygen atoms in total. The Kier molecular flexibility index (Phi) is 7.54. The fourth-order valence-electron chi connectivity index (χ4n) is 11.2. The first-order chi connectivity index (χ1) is 27.9. The van der Waals surface area contributed by atoms with Crippen molar-refractivity contribution in [3.8, 4) is 27.9 Å². The van der Waals surface area contributed by atoms with Crippen LogP contribution in [0.4, 0.5) is 11.4 Å². The number of rotatable bonds is 4. The number of fused-ring (bicyclic) bond motifs is 8. The van der Waals surface area contributed by atoms with E-state index >= 15 is 0 Å². The molecule has 0 spiro atoms. The Bertz CT molecular complexity index is 3020. The van der Waals surface area contributed by atoms with Crippen LogP contribution in [-0.4, -0.2) is 11.4 Å². The van der Waals surface area contributed by atoms with Crippen LogP contribution in [0.2, 0.25) is 0 Å². The monoisotopic (exact) mass is 750 g/mol. The quantitative estimate of drug-likeness (QED) is 0.163. The van der Waals surface area contributed by atoms with E-state index in [1.165, 1.54) is 124 Å². The molecule has 11 rings (SSSR count). The van der Waals surface area contributed by atoms with Crippen LogP contribution in [0.3, 0.4) is 0 Å². The second-order valence-electron chi connectivity index (χ2n) is 19.0. The third kappa shape index (κ3) is 4.92. The lowest BCUT2D eigenvalue weighted by atomic mass is 9.43. The molecule has 1 aliphatic carbocycles. The summed E-state index contributed by atoms with van der Waals surface area (Å²) in [5.74, 6) is 0.251. The van der Waals surface area contributed by atoms with Crippen molar-refractivity contribution in [3.05, 3.63) is 172 Å². The summed E-state index contributed by atoms with van der Waals surface area (Å²) in [4.78, 5) is 2.77. The zero-order valence-corrected chi connectivity index (χ0v) is 35.2. The van der Waals surface area contributed by atoms with Gasteiger partial charge >= 0.3 is 6.85 Å². The second-order valence-corrected chi connectivity index (χ2v) is 19.0.